The Morgan fingerprint density at radius 1 is 1.25 bits per heavy atom. The number of rotatable bonds is 4. The molecular formula is C11H12FN3S. The van der Waals surface area contributed by atoms with E-state index in [2.05, 4.69) is 5.10 Å². The fourth-order valence-electron chi connectivity index (χ4n) is 1.29. The number of halogens is 1. The highest BCUT2D eigenvalue weighted by atomic mass is 32.2. The highest BCUT2D eigenvalue weighted by molar-refractivity contribution is 7.99. The Morgan fingerprint density at radius 2 is 2.00 bits per heavy atom. The molecule has 0 aliphatic rings. The summed E-state index contributed by atoms with van der Waals surface area (Å²) in [5.41, 5.74) is 5.50. The van der Waals surface area contributed by atoms with Crippen molar-refractivity contribution in [1.29, 1.82) is 0 Å². The number of benzene rings is 1. The molecule has 2 aromatic rings. The summed E-state index contributed by atoms with van der Waals surface area (Å²) in [6, 6.07) is 8.25. The van der Waals surface area contributed by atoms with Gasteiger partial charge in [-0.3, -0.25) is 4.68 Å². The van der Waals surface area contributed by atoms with Crippen LogP contribution in [0, 0.1) is 5.82 Å². The van der Waals surface area contributed by atoms with Gasteiger partial charge >= 0.3 is 0 Å². The second kappa shape index (κ2) is 5.03. The number of aryl methyl sites for hydroxylation is 1. The molecule has 1 aromatic heterocycles. The van der Waals surface area contributed by atoms with E-state index in [0.717, 1.165) is 17.2 Å². The van der Waals surface area contributed by atoms with Gasteiger partial charge in [0.25, 0.3) is 0 Å². The molecule has 0 saturated carbocycles. The minimum absolute atomic E-state index is 0.204. The van der Waals surface area contributed by atoms with Gasteiger partial charge in [0.1, 0.15) is 11.6 Å². The van der Waals surface area contributed by atoms with Gasteiger partial charge in [-0.05, 0) is 30.3 Å². The van der Waals surface area contributed by atoms with Crippen LogP contribution in [0.15, 0.2) is 41.4 Å². The molecule has 5 heteroatoms. The lowest BCUT2D eigenvalue weighted by Gasteiger charge is -2.02. The molecule has 1 heterocycles. The number of thioether (sulfide) groups is 1. The molecule has 0 saturated heterocycles. The van der Waals surface area contributed by atoms with Gasteiger partial charge in [0.15, 0.2) is 0 Å². The maximum Gasteiger partial charge on any atom is 0.145 e. The number of anilines is 1. The van der Waals surface area contributed by atoms with E-state index in [1.807, 2.05) is 6.20 Å². The first-order chi connectivity index (χ1) is 7.74. The molecule has 0 fully saturated rings. The summed E-state index contributed by atoms with van der Waals surface area (Å²) in [4.78, 5) is 1.06. The molecule has 0 aliphatic carbocycles. The standard InChI is InChI=1S/C11H12FN3S/c12-9-1-3-10(4-2-9)16-8-7-15-6-5-11(13)14-15/h1-6H,7-8H2,(H2,13,14). The Bertz CT molecular complexity index is 453. The van der Waals surface area contributed by atoms with E-state index < -0.39 is 0 Å². The van der Waals surface area contributed by atoms with Gasteiger partial charge in [0, 0.05) is 16.8 Å². The van der Waals surface area contributed by atoms with Crippen molar-refractivity contribution in [3.05, 3.63) is 42.3 Å². The summed E-state index contributed by atoms with van der Waals surface area (Å²) in [6.07, 6.45) is 1.85. The quantitative estimate of drug-likeness (QED) is 0.830. The maximum atomic E-state index is 12.6. The number of nitrogens with zero attached hydrogens (tertiary/aromatic N) is 2. The van der Waals surface area contributed by atoms with Crippen molar-refractivity contribution in [3.8, 4) is 0 Å². The van der Waals surface area contributed by atoms with Gasteiger partial charge in [0.05, 0.1) is 6.54 Å². The third-order valence-electron chi connectivity index (χ3n) is 2.06. The second-order valence-electron chi connectivity index (χ2n) is 3.31. The Balaban J connectivity index is 1.82. The van der Waals surface area contributed by atoms with Crippen LogP contribution in [-0.2, 0) is 6.54 Å². The van der Waals surface area contributed by atoms with E-state index in [4.69, 9.17) is 5.73 Å². The fourth-order valence-corrected chi connectivity index (χ4v) is 2.13. The molecule has 0 aliphatic heterocycles. The summed E-state index contributed by atoms with van der Waals surface area (Å²) >= 11 is 1.66. The van der Waals surface area contributed by atoms with Crippen LogP contribution in [0.5, 0.6) is 0 Å². The van der Waals surface area contributed by atoms with Gasteiger partial charge in [0.2, 0.25) is 0 Å². The highest BCUT2D eigenvalue weighted by Crippen LogP contribution is 2.18. The predicted octanol–water partition coefficient (Wildman–Crippen LogP) is 2.40. The number of aromatic nitrogens is 2. The van der Waals surface area contributed by atoms with Crippen LogP contribution in [0.4, 0.5) is 10.2 Å². The van der Waals surface area contributed by atoms with Crippen LogP contribution in [0.25, 0.3) is 0 Å². The van der Waals surface area contributed by atoms with E-state index in [1.54, 1.807) is 34.6 Å². The predicted molar refractivity (Wildman–Crippen MR) is 63.8 cm³/mol. The molecule has 16 heavy (non-hydrogen) atoms. The zero-order chi connectivity index (χ0) is 11.4. The van der Waals surface area contributed by atoms with E-state index in [-0.39, 0.29) is 5.82 Å². The lowest BCUT2D eigenvalue weighted by atomic mass is 10.4. The molecule has 2 N–H and O–H groups in total. The van der Waals surface area contributed by atoms with Gasteiger partial charge in [-0.1, -0.05) is 0 Å². The summed E-state index contributed by atoms with van der Waals surface area (Å²) in [5.74, 6) is 1.21. The average molecular weight is 237 g/mol. The summed E-state index contributed by atoms with van der Waals surface area (Å²) in [7, 11) is 0. The minimum Gasteiger partial charge on any atom is -0.382 e. The Hall–Kier alpha value is -1.49. The number of nitrogen functional groups attached to an aromatic ring is 1. The van der Waals surface area contributed by atoms with Crippen LogP contribution in [0.3, 0.4) is 0 Å². The maximum absolute atomic E-state index is 12.6. The fraction of sp³-hybridized carbons (Fsp3) is 0.182. The minimum atomic E-state index is -0.204. The Morgan fingerprint density at radius 3 is 2.62 bits per heavy atom. The monoisotopic (exact) mass is 237 g/mol. The lowest BCUT2D eigenvalue weighted by molar-refractivity contribution is 0.626. The molecule has 0 atom stereocenters. The van der Waals surface area contributed by atoms with E-state index in [1.165, 1.54) is 12.1 Å². The zero-order valence-electron chi connectivity index (χ0n) is 8.64. The summed E-state index contributed by atoms with van der Waals surface area (Å²) in [5, 5.41) is 4.08. The molecule has 0 amide bonds. The highest BCUT2D eigenvalue weighted by Gasteiger charge is 1.97. The molecule has 84 valence electrons. The van der Waals surface area contributed by atoms with Crippen molar-refractivity contribution >= 4 is 17.6 Å². The number of hydrogen-bond acceptors (Lipinski definition) is 3. The molecular weight excluding hydrogens is 225 g/mol. The third kappa shape index (κ3) is 3.00. The van der Waals surface area contributed by atoms with Crippen molar-refractivity contribution in [3.63, 3.8) is 0 Å². The lowest BCUT2D eigenvalue weighted by Crippen LogP contribution is -2.01. The largest absolute Gasteiger partial charge is 0.382 e. The first kappa shape index (κ1) is 11.0. The number of nitrogens with two attached hydrogens (primary N) is 1. The zero-order valence-corrected chi connectivity index (χ0v) is 9.45. The van der Waals surface area contributed by atoms with E-state index in [9.17, 15) is 4.39 Å². The van der Waals surface area contributed by atoms with E-state index in [0.29, 0.717) is 5.82 Å². The average Bonchev–Trinajstić information content (AvgIpc) is 2.67. The second-order valence-corrected chi connectivity index (χ2v) is 4.47. The van der Waals surface area contributed by atoms with Crippen molar-refractivity contribution in [2.24, 2.45) is 0 Å². The van der Waals surface area contributed by atoms with Crippen molar-refractivity contribution < 1.29 is 4.39 Å². The Labute approximate surface area is 97.5 Å². The third-order valence-corrected chi connectivity index (χ3v) is 3.06. The molecule has 2 rings (SSSR count). The molecule has 0 unspecified atom stereocenters. The van der Waals surface area contributed by atoms with Crippen LogP contribution in [-0.4, -0.2) is 15.5 Å². The number of hydrogen-bond donors (Lipinski definition) is 1. The smallest absolute Gasteiger partial charge is 0.145 e. The van der Waals surface area contributed by atoms with Gasteiger partial charge in [-0.15, -0.1) is 11.8 Å². The summed E-state index contributed by atoms with van der Waals surface area (Å²) < 4.78 is 14.4. The molecule has 3 nitrogen and oxygen atoms in total. The SMILES string of the molecule is Nc1ccn(CCSc2ccc(F)cc2)n1. The topological polar surface area (TPSA) is 43.8 Å². The van der Waals surface area contributed by atoms with Gasteiger partial charge in [-0.2, -0.15) is 5.10 Å². The van der Waals surface area contributed by atoms with Crippen LogP contribution in [0.2, 0.25) is 0 Å². The summed E-state index contributed by atoms with van der Waals surface area (Å²) in [6.45, 7) is 0.791. The molecule has 1 aromatic carbocycles. The van der Waals surface area contributed by atoms with Gasteiger partial charge < -0.3 is 5.73 Å². The van der Waals surface area contributed by atoms with Gasteiger partial charge in [-0.25, -0.2) is 4.39 Å². The molecule has 0 spiro atoms. The van der Waals surface area contributed by atoms with Crippen molar-refractivity contribution in [1.82, 2.24) is 9.78 Å². The Kier molecular flexibility index (Phi) is 3.46. The van der Waals surface area contributed by atoms with Crippen molar-refractivity contribution in [2.45, 2.75) is 11.4 Å². The van der Waals surface area contributed by atoms with Crippen LogP contribution >= 0.6 is 11.8 Å². The molecule has 0 bridgehead atoms. The van der Waals surface area contributed by atoms with Crippen LogP contribution in [0.1, 0.15) is 0 Å². The van der Waals surface area contributed by atoms with E-state index >= 15 is 0 Å². The van der Waals surface area contributed by atoms with Crippen molar-refractivity contribution in [2.75, 3.05) is 11.5 Å². The first-order valence-corrected chi connectivity index (χ1v) is 5.90. The molecule has 0 radical (unpaired) electrons. The first-order valence-electron chi connectivity index (χ1n) is 4.91. The normalized spacial score (nSPS) is 10.6. The van der Waals surface area contributed by atoms with Crippen LogP contribution < -0.4 is 5.73 Å².